The van der Waals surface area contributed by atoms with Gasteiger partial charge in [-0.25, -0.2) is 0 Å². The molecule has 0 aliphatic carbocycles. The van der Waals surface area contributed by atoms with E-state index >= 15 is 0 Å². The van der Waals surface area contributed by atoms with E-state index in [1.54, 1.807) is 0 Å². The van der Waals surface area contributed by atoms with E-state index in [2.05, 4.69) is 32.9 Å². The smallest absolute Gasteiger partial charge is 0.0681 e. The average molecular weight is 258 g/mol. The van der Waals surface area contributed by atoms with Gasteiger partial charge >= 0.3 is 0 Å². The predicted molar refractivity (Wildman–Crippen MR) is 79.8 cm³/mol. The molecule has 0 bridgehead atoms. The van der Waals surface area contributed by atoms with Gasteiger partial charge in [-0.1, -0.05) is 30.3 Å². The molecule has 2 rings (SSSR count). The summed E-state index contributed by atoms with van der Waals surface area (Å²) >= 11 is 1.84. The fourth-order valence-electron chi connectivity index (χ4n) is 1.83. The van der Waals surface area contributed by atoms with E-state index in [4.69, 9.17) is 5.11 Å². The highest BCUT2D eigenvalue weighted by atomic mass is 32.1. The molecule has 0 saturated carbocycles. The van der Waals surface area contributed by atoms with Crippen molar-refractivity contribution >= 4 is 23.5 Å². The topological polar surface area (TPSA) is 20.2 Å². The minimum absolute atomic E-state index is 0.104. The Kier molecular flexibility index (Phi) is 4.00. The highest BCUT2D eigenvalue weighted by Gasteiger charge is 2.05. The van der Waals surface area contributed by atoms with Crippen molar-refractivity contribution < 1.29 is 5.11 Å². The van der Waals surface area contributed by atoms with Crippen molar-refractivity contribution in [3.8, 4) is 0 Å². The molecule has 0 fully saturated rings. The second-order valence-electron chi connectivity index (χ2n) is 4.51. The molecule has 0 spiro atoms. The van der Waals surface area contributed by atoms with Crippen LogP contribution in [-0.2, 0) is 6.61 Å². The molecule has 1 nitrogen and oxygen atoms in total. The van der Waals surface area contributed by atoms with Crippen molar-refractivity contribution in [3.05, 3.63) is 56.3 Å². The Hall–Kier alpha value is -1.38. The van der Waals surface area contributed by atoms with Gasteiger partial charge in [-0.15, -0.1) is 11.3 Å². The molecular formula is C16H18OS. The van der Waals surface area contributed by atoms with Gasteiger partial charge < -0.3 is 5.11 Å². The van der Waals surface area contributed by atoms with E-state index in [1.165, 1.54) is 20.9 Å². The van der Waals surface area contributed by atoms with Gasteiger partial charge in [0.15, 0.2) is 0 Å². The molecule has 2 aromatic rings. The zero-order valence-corrected chi connectivity index (χ0v) is 11.8. The van der Waals surface area contributed by atoms with Crippen LogP contribution in [0.4, 0.5) is 0 Å². The Balaban J connectivity index is 2.21. The highest BCUT2D eigenvalue weighted by Crippen LogP contribution is 2.28. The number of hydrogen-bond donors (Lipinski definition) is 1. The van der Waals surface area contributed by atoms with E-state index in [0.717, 1.165) is 11.1 Å². The first-order valence-electron chi connectivity index (χ1n) is 6.06. The first-order chi connectivity index (χ1) is 8.61. The monoisotopic (exact) mass is 258 g/mol. The number of aryl methyl sites for hydroxylation is 1. The average Bonchev–Trinajstić information content (AvgIpc) is 2.64. The van der Waals surface area contributed by atoms with Crippen molar-refractivity contribution in [1.29, 1.82) is 0 Å². The molecule has 1 heterocycles. The molecule has 18 heavy (non-hydrogen) atoms. The molecule has 0 radical (unpaired) electrons. The summed E-state index contributed by atoms with van der Waals surface area (Å²) in [4.78, 5) is 2.72. The standard InChI is InChI=1S/C16H18OS/c1-11-12(2)16(18-13(11)3)9-8-14-4-6-15(10-17)7-5-14/h4-9,17H,10H2,1-3H3/b9-8+. The van der Waals surface area contributed by atoms with E-state index in [1.807, 2.05) is 35.6 Å². The Morgan fingerprint density at radius 1 is 1.00 bits per heavy atom. The van der Waals surface area contributed by atoms with Crippen molar-refractivity contribution in [2.75, 3.05) is 0 Å². The summed E-state index contributed by atoms with van der Waals surface area (Å²) < 4.78 is 0. The van der Waals surface area contributed by atoms with Crippen LogP contribution in [0.5, 0.6) is 0 Å². The number of rotatable bonds is 3. The minimum atomic E-state index is 0.104. The number of benzene rings is 1. The lowest BCUT2D eigenvalue weighted by Gasteiger charge is -1.97. The quantitative estimate of drug-likeness (QED) is 0.868. The normalized spacial score (nSPS) is 11.3. The van der Waals surface area contributed by atoms with E-state index in [-0.39, 0.29) is 6.61 Å². The van der Waals surface area contributed by atoms with Gasteiger partial charge in [0, 0.05) is 9.75 Å². The SMILES string of the molecule is Cc1sc(/C=C/c2ccc(CO)cc2)c(C)c1C. The van der Waals surface area contributed by atoms with E-state index in [9.17, 15) is 0 Å². The maximum absolute atomic E-state index is 8.99. The van der Waals surface area contributed by atoms with Gasteiger partial charge in [0.2, 0.25) is 0 Å². The summed E-state index contributed by atoms with van der Waals surface area (Å²) in [6.45, 7) is 6.62. The lowest BCUT2D eigenvalue weighted by atomic mass is 10.1. The number of aliphatic hydroxyl groups is 1. The fraction of sp³-hybridized carbons (Fsp3) is 0.250. The van der Waals surface area contributed by atoms with Crippen LogP contribution in [0, 0.1) is 20.8 Å². The Labute approximate surface area is 112 Å². The molecule has 94 valence electrons. The van der Waals surface area contributed by atoms with Crippen LogP contribution >= 0.6 is 11.3 Å². The Morgan fingerprint density at radius 2 is 1.67 bits per heavy atom. The molecule has 2 heteroatoms. The van der Waals surface area contributed by atoms with Gasteiger partial charge in [0.05, 0.1) is 6.61 Å². The maximum Gasteiger partial charge on any atom is 0.0681 e. The van der Waals surface area contributed by atoms with Gasteiger partial charge in [0.1, 0.15) is 0 Å². The van der Waals surface area contributed by atoms with Crippen molar-refractivity contribution in [3.63, 3.8) is 0 Å². The van der Waals surface area contributed by atoms with Crippen LogP contribution in [0.25, 0.3) is 12.2 Å². The van der Waals surface area contributed by atoms with Crippen LogP contribution in [0.1, 0.15) is 32.0 Å². The zero-order chi connectivity index (χ0) is 13.1. The molecule has 1 aromatic carbocycles. The summed E-state index contributed by atoms with van der Waals surface area (Å²) in [7, 11) is 0. The predicted octanol–water partition coefficient (Wildman–Crippen LogP) is 4.34. The summed E-state index contributed by atoms with van der Waals surface area (Å²) in [5.41, 5.74) is 4.89. The number of aliphatic hydroxyl groups excluding tert-OH is 1. The van der Waals surface area contributed by atoms with Crippen molar-refractivity contribution in [2.24, 2.45) is 0 Å². The summed E-state index contributed by atoms with van der Waals surface area (Å²) in [6.07, 6.45) is 4.30. The second kappa shape index (κ2) is 5.51. The van der Waals surface area contributed by atoms with Gasteiger partial charge in [-0.2, -0.15) is 0 Å². The van der Waals surface area contributed by atoms with Crippen molar-refractivity contribution in [2.45, 2.75) is 27.4 Å². The maximum atomic E-state index is 8.99. The lowest BCUT2D eigenvalue weighted by molar-refractivity contribution is 0.282. The second-order valence-corrected chi connectivity index (χ2v) is 5.76. The van der Waals surface area contributed by atoms with Crippen LogP contribution in [0.3, 0.4) is 0 Å². The number of thiophene rings is 1. The molecule has 1 N–H and O–H groups in total. The first kappa shape index (κ1) is 13.1. The molecule has 0 aliphatic rings. The molecule has 1 aromatic heterocycles. The van der Waals surface area contributed by atoms with Crippen LogP contribution < -0.4 is 0 Å². The third-order valence-electron chi connectivity index (χ3n) is 3.31. The first-order valence-corrected chi connectivity index (χ1v) is 6.88. The van der Waals surface area contributed by atoms with Crippen LogP contribution in [0.15, 0.2) is 24.3 Å². The third-order valence-corrected chi connectivity index (χ3v) is 4.59. The third kappa shape index (κ3) is 2.71. The summed E-state index contributed by atoms with van der Waals surface area (Å²) in [5, 5.41) is 8.99. The van der Waals surface area contributed by atoms with Crippen LogP contribution in [0.2, 0.25) is 0 Å². The summed E-state index contributed by atoms with van der Waals surface area (Å²) in [6, 6.07) is 7.98. The largest absolute Gasteiger partial charge is 0.392 e. The Bertz CT molecular complexity index is 562. The molecule has 0 unspecified atom stereocenters. The highest BCUT2D eigenvalue weighted by molar-refractivity contribution is 7.13. The van der Waals surface area contributed by atoms with E-state index < -0.39 is 0 Å². The molecule has 0 aliphatic heterocycles. The summed E-state index contributed by atoms with van der Waals surface area (Å²) in [5.74, 6) is 0. The van der Waals surface area contributed by atoms with Crippen molar-refractivity contribution in [1.82, 2.24) is 0 Å². The Morgan fingerprint density at radius 3 is 2.17 bits per heavy atom. The number of hydrogen-bond acceptors (Lipinski definition) is 2. The minimum Gasteiger partial charge on any atom is -0.392 e. The van der Waals surface area contributed by atoms with Gasteiger partial charge in [0.25, 0.3) is 0 Å². The molecule has 0 atom stereocenters. The lowest BCUT2D eigenvalue weighted by Crippen LogP contribution is -1.81. The van der Waals surface area contributed by atoms with Crippen LogP contribution in [-0.4, -0.2) is 5.11 Å². The molecular weight excluding hydrogens is 240 g/mol. The zero-order valence-electron chi connectivity index (χ0n) is 11.0. The molecule has 0 amide bonds. The van der Waals surface area contributed by atoms with Gasteiger partial charge in [-0.3, -0.25) is 0 Å². The molecule has 0 saturated heterocycles. The fourth-order valence-corrected chi connectivity index (χ4v) is 2.91. The van der Waals surface area contributed by atoms with E-state index in [0.29, 0.717) is 0 Å². The van der Waals surface area contributed by atoms with Gasteiger partial charge in [-0.05, 0) is 49.1 Å².